The van der Waals surface area contributed by atoms with Gasteiger partial charge in [0.25, 0.3) is 0 Å². The first kappa shape index (κ1) is 20.4. The minimum absolute atomic E-state index is 0.312. The highest BCUT2D eigenvalue weighted by Crippen LogP contribution is 2.31. The first-order chi connectivity index (χ1) is 14.4. The number of fused-ring (bicyclic) bond motifs is 1. The molecule has 0 spiro atoms. The Morgan fingerprint density at radius 3 is 2.70 bits per heavy atom. The molecule has 8 heteroatoms. The monoisotopic (exact) mass is 416 g/mol. The fraction of sp³-hybridized carbons (Fsp3) is 0.364. The molecular formula is C22H23F3N4O. The SMILES string of the molecule is COc1cccc(CN2CCCN(c3nccc4nc(C(F)(F)F)ccc34)CC2)c1. The molecule has 0 saturated carbocycles. The van der Waals surface area contributed by atoms with Crippen LogP contribution in [-0.2, 0) is 12.7 Å². The van der Waals surface area contributed by atoms with Crippen LogP contribution < -0.4 is 9.64 Å². The summed E-state index contributed by atoms with van der Waals surface area (Å²) in [6, 6.07) is 12.1. The van der Waals surface area contributed by atoms with E-state index in [1.807, 2.05) is 18.2 Å². The molecule has 158 valence electrons. The van der Waals surface area contributed by atoms with Crippen molar-refractivity contribution in [2.24, 2.45) is 0 Å². The number of aromatic nitrogens is 2. The third-order valence-electron chi connectivity index (χ3n) is 5.31. The Morgan fingerprint density at radius 2 is 1.90 bits per heavy atom. The zero-order valence-corrected chi connectivity index (χ0v) is 16.7. The van der Waals surface area contributed by atoms with Crippen molar-refractivity contribution in [1.82, 2.24) is 14.9 Å². The van der Waals surface area contributed by atoms with Gasteiger partial charge in [0, 0.05) is 44.3 Å². The standard InChI is InChI=1S/C22H23F3N4O/c1-30-17-5-2-4-16(14-17)15-28-10-3-11-29(13-12-28)21-18-6-7-20(22(23,24)25)27-19(18)8-9-26-21/h2,4-9,14H,3,10-13,15H2,1H3. The van der Waals surface area contributed by atoms with Gasteiger partial charge in [-0.2, -0.15) is 13.2 Å². The minimum atomic E-state index is -4.46. The van der Waals surface area contributed by atoms with Crippen molar-refractivity contribution < 1.29 is 17.9 Å². The Morgan fingerprint density at radius 1 is 1.03 bits per heavy atom. The summed E-state index contributed by atoms with van der Waals surface area (Å²) in [5.41, 5.74) is 0.620. The van der Waals surface area contributed by atoms with E-state index >= 15 is 0 Å². The number of alkyl halides is 3. The molecule has 0 aliphatic carbocycles. The highest BCUT2D eigenvalue weighted by Gasteiger charge is 2.32. The Hall–Kier alpha value is -2.87. The van der Waals surface area contributed by atoms with E-state index in [0.717, 1.165) is 51.0 Å². The average molecular weight is 416 g/mol. The quantitative estimate of drug-likeness (QED) is 0.632. The van der Waals surface area contributed by atoms with Crippen molar-refractivity contribution in [3.63, 3.8) is 0 Å². The van der Waals surface area contributed by atoms with Gasteiger partial charge in [0.2, 0.25) is 0 Å². The summed E-state index contributed by atoms with van der Waals surface area (Å²) >= 11 is 0. The number of methoxy groups -OCH3 is 1. The Balaban J connectivity index is 1.51. The van der Waals surface area contributed by atoms with Gasteiger partial charge in [-0.15, -0.1) is 0 Å². The van der Waals surface area contributed by atoms with Gasteiger partial charge in [0.15, 0.2) is 0 Å². The van der Waals surface area contributed by atoms with Crippen LogP contribution in [-0.4, -0.2) is 48.2 Å². The first-order valence-electron chi connectivity index (χ1n) is 9.87. The van der Waals surface area contributed by atoms with Gasteiger partial charge >= 0.3 is 6.18 Å². The van der Waals surface area contributed by atoms with Gasteiger partial charge < -0.3 is 9.64 Å². The molecule has 30 heavy (non-hydrogen) atoms. The van der Waals surface area contributed by atoms with Crippen molar-refractivity contribution in [3.8, 4) is 5.75 Å². The van der Waals surface area contributed by atoms with Crippen LogP contribution >= 0.6 is 0 Å². The van der Waals surface area contributed by atoms with Crippen LogP contribution in [0.4, 0.5) is 19.0 Å². The first-order valence-corrected chi connectivity index (χ1v) is 9.87. The molecule has 5 nitrogen and oxygen atoms in total. The molecule has 3 heterocycles. The number of pyridine rings is 2. The van der Waals surface area contributed by atoms with Crippen LogP contribution in [0.1, 0.15) is 17.7 Å². The molecule has 1 aliphatic rings. The summed E-state index contributed by atoms with van der Waals surface area (Å²) in [5.74, 6) is 1.53. The van der Waals surface area contributed by atoms with E-state index in [-0.39, 0.29) is 0 Å². The zero-order chi connectivity index (χ0) is 21.1. The van der Waals surface area contributed by atoms with Crippen LogP contribution in [0.3, 0.4) is 0 Å². The third kappa shape index (κ3) is 4.48. The molecule has 0 bridgehead atoms. The van der Waals surface area contributed by atoms with E-state index in [2.05, 4.69) is 25.8 Å². The van der Waals surface area contributed by atoms with Crippen LogP contribution in [0.2, 0.25) is 0 Å². The van der Waals surface area contributed by atoms with Crippen LogP contribution in [0.15, 0.2) is 48.7 Å². The fourth-order valence-electron chi connectivity index (χ4n) is 3.82. The Labute approximate surface area is 173 Å². The van der Waals surface area contributed by atoms with Gasteiger partial charge in [-0.3, -0.25) is 4.90 Å². The molecule has 1 aromatic carbocycles. The number of ether oxygens (including phenoxy) is 1. The molecule has 0 unspecified atom stereocenters. The van der Waals surface area contributed by atoms with E-state index in [9.17, 15) is 13.2 Å². The summed E-state index contributed by atoms with van der Waals surface area (Å²) in [6.07, 6.45) is -1.99. The molecule has 0 amide bonds. The number of rotatable bonds is 4. The van der Waals surface area contributed by atoms with E-state index in [1.54, 1.807) is 7.11 Å². The normalized spacial score (nSPS) is 15.9. The molecular weight excluding hydrogens is 393 g/mol. The molecule has 0 N–H and O–H groups in total. The van der Waals surface area contributed by atoms with Gasteiger partial charge in [-0.1, -0.05) is 12.1 Å². The van der Waals surface area contributed by atoms with Gasteiger partial charge in [0.05, 0.1) is 12.6 Å². The lowest BCUT2D eigenvalue weighted by molar-refractivity contribution is -0.140. The van der Waals surface area contributed by atoms with Crippen molar-refractivity contribution in [3.05, 3.63) is 59.9 Å². The maximum absolute atomic E-state index is 13.0. The largest absolute Gasteiger partial charge is 0.497 e. The van der Waals surface area contributed by atoms with E-state index in [0.29, 0.717) is 16.7 Å². The molecule has 3 aromatic rings. The highest BCUT2D eigenvalue weighted by atomic mass is 19.4. The molecule has 1 saturated heterocycles. The smallest absolute Gasteiger partial charge is 0.433 e. The third-order valence-corrected chi connectivity index (χ3v) is 5.31. The topological polar surface area (TPSA) is 41.5 Å². The summed E-state index contributed by atoms with van der Waals surface area (Å²) in [7, 11) is 1.66. The van der Waals surface area contributed by atoms with E-state index < -0.39 is 11.9 Å². The average Bonchev–Trinajstić information content (AvgIpc) is 2.98. The molecule has 4 rings (SSSR count). The maximum Gasteiger partial charge on any atom is 0.433 e. The van der Waals surface area contributed by atoms with Gasteiger partial charge in [-0.05, 0) is 42.3 Å². The molecule has 1 aliphatic heterocycles. The summed E-state index contributed by atoms with van der Waals surface area (Å²) in [6.45, 7) is 4.14. The van der Waals surface area contributed by atoms with Crippen LogP contribution in [0.5, 0.6) is 5.75 Å². The summed E-state index contributed by atoms with van der Waals surface area (Å²) in [4.78, 5) is 12.8. The zero-order valence-electron chi connectivity index (χ0n) is 16.7. The second-order valence-corrected chi connectivity index (χ2v) is 7.36. The van der Waals surface area contributed by atoms with Crippen molar-refractivity contribution in [2.75, 3.05) is 38.2 Å². The van der Waals surface area contributed by atoms with Gasteiger partial charge in [0.1, 0.15) is 17.3 Å². The van der Waals surface area contributed by atoms with E-state index in [1.165, 1.54) is 23.9 Å². The number of nitrogens with zero attached hydrogens (tertiary/aromatic N) is 4. The predicted octanol–water partition coefficient (Wildman–Crippen LogP) is 4.37. The number of halogens is 3. The minimum Gasteiger partial charge on any atom is -0.497 e. The van der Waals surface area contributed by atoms with Crippen LogP contribution in [0, 0.1) is 0 Å². The van der Waals surface area contributed by atoms with Crippen LogP contribution in [0.25, 0.3) is 10.9 Å². The van der Waals surface area contributed by atoms with Crippen molar-refractivity contribution in [1.29, 1.82) is 0 Å². The Kier molecular flexibility index (Phi) is 5.76. The van der Waals surface area contributed by atoms with E-state index in [4.69, 9.17) is 4.74 Å². The summed E-state index contributed by atoms with van der Waals surface area (Å²) in [5, 5.41) is 0.645. The molecule has 0 atom stereocenters. The second kappa shape index (κ2) is 8.47. The number of anilines is 1. The van der Waals surface area contributed by atoms with Crippen molar-refractivity contribution >= 4 is 16.7 Å². The lowest BCUT2D eigenvalue weighted by Gasteiger charge is -2.24. The molecule has 1 fully saturated rings. The molecule has 2 aromatic heterocycles. The Bertz CT molecular complexity index is 1020. The lowest BCUT2D eigenvalue weighted by Crippen LogP contribution is -2.31. The highest BCUT2D eigenvalue weighted by molar-refractivity contribution is 5.89. The second-order valence-electron chi connectivity index (χ2n) is 7.36. The summed E-state index contributed by atoms with van der Waals surface area (Å²) < 4.78 is 44.3. The predicted molar refractivity (Wildman–Crippen MR) is 110 cm³/mol. The maximum atomic E-state index is 13.0. The fourth-order valence-corrected chi connectivity index (χ4v) is 3.82. The van der Waals surface area contributed by atoms with Gasteiger partial charge in [-0.25, -0.2) is 9.97 Å². The number of benzene rings is 1. The number of hydrogen-bond acceptors (Lipinski definition) is 5. The molecule has 0 radical (unpaired) electrons. The lowest BCUT2D eigenvalue weighted by atomic mass is 10.2. The number of hydrogen-bond donors (Lipinski definition) is 0. The van der Waals surface area contributed by atoms with Crippen molar-refractivity contribution in [2.45, 2.75) is 19.1 Å².